The molecular formula is C14H20N2O5. The zero-order valence-electron chi connectivity index (χ0n) is 12.5. The Morgan fingerprint density at radius 3 is 2.52 bits per heavy atom. The van der Waals surface area contributed by atoms with E-state index in [-0.39, 0.29) is 12.1 Å². The molecule has 0 spiro atoms. The summed E-state index contributed by atoms with van der Waals surface area (Å²) in [6, 6.07) is 2.98. The third kappa shape index (κ3) is 5.78. The Morgan fingerprint density at radius 1 is 1.38 bits per heavy atom. The smallest absolute Gasteiger partial charge is 0.407 e. The van der Waals surface area contributed by atoms with Crippen LogP contribution in [0, 0.1) is 0 Å². The number of aromatic nitrogens is 1. The zero-order chi connectivity index (χ0) is 16.0. The van der Waals surface area contributed by atoms with Gasteiger partial charge in [0, 0.05) is 6.20 Å². The number of hydrogen-bond donors (Lipinski definition) is 2. The molecule has 1 aromatic heterocycles. The van der Waals surface area contributed by atoms with Gasteiger partial charge >= 0.3 is 12.1 Å². The number of hydrogen-bond acceptors (Lipinski definition) is 6. The van der Waals surface area contributed by atoms with Crippen LogP contribution in [0.1, 0.15) is 42.9 Å². The van der Waals surface area contributed by atoms with E-state index in [2.05, 4.69) is 15.0 Å². The predicted octanol–water partition coefficient (Wildman–Crippen LogP) is 1.43. The number of ether oxygens (including phenoxy) is 2. The zero-order valence-corrected chi connectivity index (χ0v) is 12.5. The highest BCUT2D eigenvalue weighted by Gasteiger charge is 2.18. The van der Waals surface area contributed by atoms with E-state index in [4.69, 9.17) is 4.74 Å². The summed E-state index contributed by atoms with van der Waals surface area (Å²) < 4.78 is 9.59. The number of methoxy groups -OCH3 is 1. The van der Waals surface area contributed by atoms with Crippen molar-refractivity contribution in [2.75, 3.05) is 13.7 Å². The molecule has 1 atom stereocenters. The van der Waals surface area contributed by atoms with Crippen LogP contribution in [0.25, 0.3) is 0 Å². The standard InChI is InChI=1S/C14H20N2O5/c1-14(2,3)21-13(19)16-8-11(17)10-6-5-9(7-15-10)12(18)20-4/h5-7,11,17H,8H2,1-4H3,(H,16,19). The van der Waals surface area contributed by atoms with Crippen molar-refractivity contribution in [3.8, 4) is 0 Å². The van der Waals surface area contributed by atoms with E-state index in [1.165, 1.54) is 25.4 Å². The van der Waals surface area contributed by atoms with Crippen LogP contribution in [0.15, 0.2) is 18.3 Å². The van der Waals surface area contributed by atoms with Crippen LogP contribution in [0.3, 0.4) is 0 Å². The molecule has 21 heavy (non-hydrogen) atoms. The van der Waals surface area contributed by atoms with Crippen molar-refractivity contribution in [2.24, 2.45) is 0 Å². The molecule has 0 saturated heterocycles. The molecule has 0 aliphatic carbocycles. The summed E-state index contributed by atoms with van der Waals surface area (Å²) in [4.78, 5) is 26.7. The second kappa shape index (κ2) is 7.03. The van der Waals surface area contributed by atoms with Gasteiger partial charge in [-0.05, 0) is 32.9 Å². The Kier molecular flexibility index (Phi) is 5.66. The van der Waals surface area contributed by atoms with Crippen molar-refractivity contribution in [1.29, 1.82) is 0 Å². The second-order valence-electron chi connectivity index (χ2n) is 5.36. The Hall–Kier alpha value is -2.15. The third-order valence-corrected chi connectivity index (χ3v) is 2.39. The molecule has 1 amide bonds. The molecule has 0 aromatic carbocycles. The van der Waals surface area contributed by atoms with Crippen molar-refractivity contribution in [3.05, 3.63) is 29.6 Å². The number of pyridine rings is 1. The molecule has 1 rings (SSSR count). The highest BCUT2D eigenvalue weighted by Crippen LogP contribution is 2.11. The van der Waals surface area contributed by atoms with Gasteiger partial charge in [-0.1, -0.05) is 0 Å². The number of carbonyl (C=O) groups is 2. The minimum absolute atomic E-state index is 0.0422. The Morgan fingerprint density at radius 2 is 2.05 bits per heavy atom. The first-order chi connectivity index (χ1) is 9.73. The minimum Gasteiger partial charge on any atom is -0.465 e. The van der Waals surface area contributed by atoms with Crippen molar-refractivity contribution in [2.45, 2.75) is 32.5 Å². The lowest BCUT2D eigenvalue weighted by Gasteiger charge is -2.20. The first-order valence-corrected chi connectivity index (χ1v) is 6.42. The van der Waals surface area contributed by atoms with E-state index in [0.29, 0.717) is 5.69 Å². The summed E-state index contributed by atoms with van der Waals surface area (Å²) in [6.45, 7) is 5.20. The fourth-order valence-electron chi connectivity index (χ4n) is 1.44. The van der Waals surface area contributed by atoms with Crippen LogP contribution in [-0.4, -0.2) is 41.4 Å². The van der Waals surface area contributed by atoms with E-state index >= 15 is 0 Å². The minimum atomic E-state index is -0.996. The number of aliphatic hydroxyl groups excluding tert-OH is 1. The summed E-state index contributed by atoms with van der Waals surface area (Å²) >= 11 is 0. The monoisotopic (exact) mass is 296 g/mol. The number of aliphatic hydroxyl groups is 1. The molecule has 116 valence electrons. The van der Waals surface area contributed by atoms with E-state index in [1.807, 2.05) is 0 Å². The van der Waals surface area contributed by atoms with Crippen LogP contribution >= 0.6 is 0 Å². The molecule has 7 nitrogen and oxygen atoms in total. The number of nitrogens with zero attached hydrogens (tertiary/aromatic N) is 1. The van der Waals surface area contributed by atoms with Crippen molar-refractivity contribution < 1.29 is 24.2 Å². The van der Waals surface area contributed by atoms with Crippen molar-refractivity contribution in [1.82, 2.24) is 10.3 Å². The van der Waals surface area contributed by atoms with Gasteiger partial charge in [-0.15, -0.1) is 0 Å². The van der Waals surface area contributed by atoms with Gasteiger partial charge in [0.1, 0.15) is 11.7 Å². The summed E-state index contributed by atoms with van der Waals surface area (Å²) in [6.07, 6.45) is -0.311. The number of amides is 1. The Balaban J connectivity index is 2.54. The molecule has 0 aliphatic heterocycles. The third-order valence-electron chi connectivity index (χ3n) is 2.39. The average Bonchev–Trinajstić information content (AvgIpc) is 2.42. The molecule has 0 bridgehead atoms. The molecule has 1 unspecified atom stereocenters. The molecule has 1 heterocycles. The van der Waals surface area contributed by atoms with Gasteiger partial charge in [-0.3, -0.25) is 4.98 Å². The fourth-order valence-corrected chi connectivity index (χ4v) is 1.44. The van der Waals surface area contributed by atoms with Crippen LogP contribution in [0.5, 0.6) is 0 Å². The quantitative estimate of drug-likeness (QED) is 0.816. The van der Waals surface area contributed by atoms with Crippen LogP contribution in [-0.2, 0) is 9.47 Å². The van der Waals surface area contributed by atoms with E-state index in [1.54, 1.807) is 20.8 Å². The molecule has 7 heteroatoms. The number of carbonyl (C=O) groups excluding carboxylic acids is 2. The number of rotatable bonds is 4. The molecular weight excluding hydrogens is 276 g/mol. The van der Waals surface area contributed by atoms with E-state index in [9.17, 15) is 14.7 Å². The lowest BCUT2D eigenvalue weighted by atomic mass is 10.2. The number of nitrogens with one attached hydrogen (secondary N) is 1. The average molecular weight is 296 g/mol. The molecule has 0 radical (unpaired) electrons. The van der Waals surface area contributed by atoms with Crippen LogP contribution in [0.4, 0.5) is 4.79 Å². The van der Waals surface area contributed by atoms with Gasteiger partial charge < -0.3 is 19.9 Å². The maximum absolute atomic E-state index is 11.5. The maximum Gasteiger partial charge on any atom is 0.407 e. The topological polar surface area (TPSA) is 97.8 Å². The first-order valence-electron chi connectivity index (χ1n) is 6.42. The molecule has 0 saturated carbocycles. The van der Waals surface area contributed by atoms with Gasteiger partial charge in [0.25, 0.3) is 0 Å². The van der Waals surface area contributed by atoms with Gasteiger partial charge in [-0.25, -0.2) is 9.59 Å². The Bertz CT molecular complexity index is 493. The lowest BCUT2D eigenvalue weighted by Crippen LogP contribution is -2.34. The second-order valence-corrected chi connectivity index (χ2v) is 5.36. The molecule has 1 aromatic rings. The SMILES string of the molecule is COC(=O)c1ccc(C(O)CNC(=O)OC(C)(C)C)nc1. The fraction of sp³-hybridized carbons (Fsp3) is 0.500. The van der Waals surface area contributed by atoms with E-state index < -0.39 is 23.8 Å². The predicted molar refractivity (Wildman–Crippen MR) is 74.8 cm³/mol. The van der Waals surface area contributed by atoms with Gasteiger partial charge in [0.05, 0.1) is 24.9 Å². The van der Waals surface area contributed by atoms with Gasteiger partial charge in [0.2, 0.25) is 0 Å². The van der Waals surface area contributed by atoms with E-state index in [0.717, 1.165) is 0 Å². The normalized spacial score (nSPS) is 12.4. The number of alkyl carbamates (subject to hydrolysis) is 1. The summed E-state index contributed by atoms with van der Waals surface area (Å²) in [5.74, 6) is -0.504. The van der Waals surface area contributed by atoms with Crippen molar-refractivity contribution >= 4 is 12.1 Å². The maximum atomic E-state index is 11.5. The summed E-state index contributed by atoms with van der Waals surface area (Å²) in [5.41, 5.74) is 0.0161. The van der Waals surface area contributed by atoms with Crippen LogP contribution < -0.4 is 5.32 Å². The highest BCUT2D eigenvalue weighted by atomic mass is 16.6. The highest BCUT2D eigenvalue weighted by molar-refractivity contribution is 5.88. The molecule has 2 N–H and O–H groups in total. The number of esters is 1. The largest absolute Gasteiger partial charge is 0.465 e. The summed E-state index contributed by atoms with van der Waals surface area (Å²) in [7, 11) is 1.27. The first kappa shape index (κ1) is 16.9. The van der Waals surface area contributed by atoms with Crippen molar-refractivity contribution in [3.63, 3.8) is 0 Å². The lowest BCUT2D eigenvalue weighted by molar-refractivity contribution is 0.0490. The molecule has 0 aliphatic rings. The van der Waals surface area contributed by atoms with Crippen LogP contribution in [0.2, 0.25) is 0 Å². The Labute approximate surface area is 123 Å². The summed E-state index contributed by atoms with van der Waals surface area (Å²) in [5, 5.41) is 12.3. The van der Waals surface area contributed by atoms with Gasteiger partial charge in [0.15, 0.2) is 0 Å². The van der Waals surface area contributed by atoms with Gasteiger partial charge in [-0.2, -0.15) is 0 Å². The molecule has 0 fully saturated rings.